The topological polar surface area (TPSA) is 64.6 Å². The summed E-state index contributed by atoms with van der Waals surface area (Å²) < 4.78 is 11.6. The van der Waals surface area contributed by atoms with E-state index in [-0.39, 0.29) is 23.3 Å². The molecule has 1 saturated carbocycles. The lowest BCUT2D eigenvalue weighted by Gasteiger charge is -2.40. The second kappa shape index (κ2) is 8.52. The first-order valence-electron chi connectivity index (χ1n) is 11.4. The zero-order valence-electron chi connectivity index (χ0n) is 19.0. The summed E-state index contributed by atoms with van der Waals surface area (Å²) in [6.45, 7) is 6.14. The first-order chi connectivity index (χ1) is 14.8. The number of ketones is 1. The number of methoxy groups -OCH3 is 1. The van der Waals surface area contributed by atoms with Gasteiger partial charge in [0, 0.05) is 29.0 Å². The summed E-state index contributed by atoms with van der Waals surface area (Å²) in [6.07, 6.45) is 6.38. The van der Waals surface area contributed by atoms with E-state index in [0.29, 0.717) is 23.3 Å². The van der Waals surface area contributed by atoms with Crippen molar-refractivity contribution in [3.8, 4) is 5.75 Å². The minimum atomic E-state index is -0.480. The summed E-state index contributed by atoms with van der Waals surface area (Å²) in [5.74, 6) is -0.0381. The van der Waals surface area contributed by atoms with E-state index in [1.54, 1.807) is 7.11 Å². The lowest BCUT2D eigenvalue weighted by Crippen LogP contribution is -2.39. The van der Waals surface area contributed by atoms with E-state index >= 15 is 0 Å². The van der Waals surface area contributed by atoms with E-state index in [9.17, 15) is 9.59 Å². The lowest BCUT2D eigenvalue weighted by atomic mass is 9.68. The number of carbonyl (C=O) groups is 2. The number of dihydropyridines is 1. The van der Waals surface area contributed by atoms with Crippen molar-refractivity contribution in [1.29, 1.82) is 0 Å². The molecule has 31 heavy (non-hydrogen) atoms. The molecule has 2 aliphatic carbocycles. The Labute approximate surface area is 184 Å². The lowest BCUT2D eigenvalue weighted by molar-refractivity contribution is -0.146. The SMILES string of the molecule is COc1ccccc1C1C(C(=O)OC2CCCCC2)=C(C)NC2=C1C(=O)CC(C)(C)C2. The second-order valence-electron chi connectivity index (χ2n) is 9.84. The van der Waals surface area contributed by atoms with Crippen LogP contribution >= 0.6 is 0 Å². The first-order valence-corrected chi connectivity index (χ1v) is 11.4. The highest BCUT2D eigenvalue weighted by atomic mass is 16.5. The van der Waals surface area contributed by atoms with Crippen molar-refractivity contribution in [2.75, 3.05) is 7.11 Å². The number of ether oxygens (including phenoxy) is 2. The molecule has 4 rings (SSSR count). The number of rotatable bonds is 4. The Hall–Kier alpha value is -2.56. The van der Waals surface area contributed by atoms with Gasteiger partial charge < -0.3 is 14.8 Å². The van der Waals surface area contributed by atoms with Crippen molar-refractivity contribution >= 4 is 11.8 Å². The number of hydrogen-bond acceptors (Lipinski definition) is 5. The molecule has 1 aliphatic heterocycles. The maximum absolute atomic E-state index is 13.5. The van der Waals surface area contributed by atoms with Gasteiger partial charge in [0.2, 0.25) is 0 Å². The summed E-state index contributed by atoms with van der Waals surface area (Å²) >= 11 is 0. The van der Waals surface area contributed by atoms with Gasteiger partial charge >= 0.3 is 5.97 Å². The van der Waals surface area contributed by atoms with Crippen LogP contribution in [0, 0.1) is 5.41 Å². The van der Waals surface area contributed by atoms with E-state index in [2.05, 4.69) is 19.2 Å². The molecule has 1 fully saturated rings. The van der Waals surface area contributed by atoms with Gasteiger partial charge in [-0.25, -0.2) is 4.79 Å². The first kappa shape index (κ1) is 21.7. The van der Waals surface area contributed by atoms with Gasteiger partial charge in [0.25, 0.3) is 0 Å². The fourth-order valence-corrected chi connectivity index (χ4v) is 5.32. The molecule has 3 aliphatic rings. The normalized spacial score (nSPS) is 23.9. The van der Waals surface area contributed by atoms with Crippen LogP contribution < -0.4 is 10.1 Å². The van der Waals surface area contributed by atoms with Crippen molar-refractivity contribution in [2.45, 2.75) is 77.7 Å². The van der Waals surface area contributed by atoms with Crippen molar-refractivity contribution < 1.29 is 19.1 Å². The molecule has 1 N–H and O–H groups in total. The zero-order valence-corrected chi connectivity index (χ0v) is 19.0. The van der Waals surface area contributed by atoms with E-state index in [4.69, 9.17) is 9.47 Å². The maximum Gasteiger partial charge on any atom is 0.337 e. The van der Waals surface area contributed by atoms with Gasteiger partial charge in [-0.05, 0) is 50.5 Å². The predicted octanol–water partition coefficient (Wildman–Crippen LogP) is 5.18. The van der Waals surface area contributed by atoms with Gasteiger partial charge in [0.05, 0.1) is 18.6 Å². The number of para-hydroxylation sites is 1. The molecule has 0 bridgehead atoms. The smallest absolute Gasteiger partial charge is 0.337 e. The number of benzene rings is 1. The maximum atomic E-state index is 13.5. The average Bonchev–Trinajstić information content (AvgIpc) is 2.72. The molecule has 1 heterocycles. The van der Waals surface area contributed by atoms with Crippen molar-refractivity contribution in [3.05, 3.63) is 52.4 Å². The molecule has 0 spiro atoms. The van der Waals surface area contributed by atoms with Crippen molar-refractivity contribution in [1.82, 2.24) is 5.32 Å². The Bertz CT molecular complexity index is 950. The van der Waals surface area contributed by atoms with Crippen LogP contribution in [0.1, 0.15) is 77.2 Å². The Morgan fingerprint density at radius 3 is 2.52 bits per heavy atom. The quantitative estimate of drug-likeness (QED) is 0.677. The fourth-order valence-electron chi connectivity index (χ4n) is 5.32. The van der Waals surface area contributed by atoms with Crippen LogP contribution in [0.3, 0.4) is 0 Å². The minimum absolute atomic E-state index is 0.0452. The van der Waals surface area contributed by atoms with Crippen molar-refractivity contribution in [3.63, 3.8) is 0 Å². The van der Waals surface area contributed by atoms with Crippen LogP contribution in [0.2, 0.25) is 0 Å². The standard InChI is InChI=1S/C26H33NO4/c1-16-22(25(29)31-17-10-6-5-7-11-17)23(18-12-8-9-13-21(18)30-4)24-19(27-16)14-26(2,3)15-20(24)28/h8-9,12-13,17,23,27H,5-7,10-11,14-15H2,1-4H3. The summed E-state index contributed by atoms with van der Waals surface area (Å²) in [6, 6.07) is 7.67. The molecule has 0 saturated heterocycles. The van der Waals surface area contributed by atoms with Gasteiger partial charge in [0.15, 0.2) is 5.78 Å². The number of hydrogen-bond donors (Lipinski definition) is 1. The third kappa shape index (κ3) is 4.28. The molecule has 1 atom stereocenters. The number of Topliss-reactive ketones (excluding diaryl/α,β-unsaturated/α-hetero) is 1. The number of esters is 1. The Kier molecular flexibility index (Phi) is 5.96. The monoisotopic (exact) mass is 423 g/mol. The van der Waals surface area contributed by atoms with Gasteiger partial charge in [-0.15, -0.1) is 0 Å². The van der Waals surface area contributed by atoms with Crippen LogP contribution in [-0.4, -0.2) is 25.0 Å². The fraction of sp³-hybridized carbons (Fsp3) is 0.538. The molecule has 0 radical (unpaired) electrons. The van der Waals surface area contributed by atoms with Crippen LogP contribution in [0.25, 0.3) is 0 Å². The molecule has 5 heteroatoms. The molecule has 0 aromatic heterocycles. The number of carbonyl (C=O) groups excluding carboxylic acids is 2. The van der Waals surface area contributed by atoms with E-state index in [1.807, 2.05) is 31.2 Å². The Morgan fingerprint density at radius 1 is 1.10 bits per heavy atom. The summed E-state index contributed by atoms with van der Waals surface area (Å²) in [4.78, 5) is 26.9. The average molecular weight is 424 g/mol. The van der Waals surface area contributed by atoms with Gasteiger partial charge in [-0.3, -0.25) is 4.79 Å². The molecule has 5 nitrogen and oxygen atoms in total. The predicted molar refractivity (Wildman–Crippen MR) is 120 cm³/mol. The van der Waals surface area contributed by atoms with Crippen LogP contribution in [0.15, 0.2) is 46.8 Å². The highest BCUT2D eigenvalue weighted by molar-refractivity contribution is 6.04. The van der Waals surface area contributed by atoms with Crippen molar-refractivity contribution in [2.24, 2.45) is 5.41 Å². The summed E-state index contributed by atoms with van der Waals surface area (Å²) in [7, 11) is 1.62. The molecule has 166 valence electrons. The zero-order chi connectivity index (χ0) is 22.2. The molecule has 1 aromatic rings. The Morgan fingerprint density at radius 2 is 1.81 bits per heavy atom. The van der Waals surface area contributed by atoms with E-state index < -0.39 is 5.92 Å². The van der Waals surface area contributed by atoms with E-state index in [0.717, 1.165) is 49.1 Å². The van der Waals surface area contributed by atoms with Gasteiger partial charge in [0.1, 0.15) is 11.9 Å². The second-order valence-corrected chi connectivity index (χ2v) is 9.84. The van der Waals surface area contributed by atoms with E-state index in [1.165, 1.54) is 6.42 Å². The molecule has 1 aromatic carbocycles. The van der Waals surface area contributed by atoms with Crippen LogP contribution in [0.4, 0.5) is 0 Å². The third-order valence-corrected chi connectivity index (χ3v) is 6.74. The molecular formula is C26H33NO4. The highest BCUT2D eigenvalue weighted by Gasteiger charge is 2.44. The summed E-state index contributed by atoms with van der Waals surface area (Å²) in [5, 5.41) is 3.41. The van der Waals surface area contributed by atoms with Crippen LogP contribution in [0.5, 0.6) is 5.75 Å². The minimum Gasteiger partial charge on any atom is -0.496 e. The number of nitrogens with one attached hydrogen (secondary N) is 1. The molecule has 0 amide bonds. The molecule has 1 unspecified atom stereocenters. The van der Waals surface area contributed by atoms with Gasteiger partial charge in [-0.2, -0.15) is 0 Å². The number of allylic oxidation sites excluding steroid dienone is 3. The third-order valence-electron chi connectivity index (χ3n) is 6.74. The molecular weight excluding hydrogens is 390 g/mol. The summed E-state index contributed by atoms with van der Waals surface area (Å²) in [5.41, 5.74) is 3.62. The Balaban J connectivity index is 1.79. The van der Waals surface area contributed by atoms with Gasteiger partial charge in [-0.1, -0.05) is 38.5 Å². The van der Waals surface area contributed by atoms with Crippen LogP contribution in [-0.2, 0) is 14.3 Å². The largest absolute Gasteiger partial charge is 0.496 e. The highest BCUT2D eigenvalue weighted by Crippen LogP contribution is 2.48.